The van der Waals surface area contributed by atoms with Crippen LogP contribution in [-0.4, -0.2) is 219 Å². The Labute approximate surface area is 515 Å². The second kappa shape index (κ2) is 49.0. The molecule has 2 heterocycles. The molecule has 34 heteroatoms. The van der Waals surface area contributed by atoms with Gasteiger partial charge in [0, 0.05) is 127 Å². The second-order valence-corrected chi connectivity index (χ2v) is 19.7. The smallest absolute Gasteiger partial charge is 0.326 e. The zero-order valence-corrected chi connectivity index (χ0v) is 50.7. The number of benzene rings is 1. The number of allylic oxidation sites excluding steroid dienone is 1. The Bertz CT molecular complexity index is 2380. The number of nitrogens with two attached hydrogens (primary N) is 5. The van der Waals surface area contributed by atoms with E-state index >= 15 is 0 Å². The number of primary amides is 2. The van der Waals surface area contributed by atoms with Gasteiger partial charge in [-0.25, -0.2) is 34.6 Å². The maximum absolute atomic E-state index is 12.7. The minimum Gasteiger partial charge on any atom is -0.481 e. The van der Waals surface area contributed by atoms with Crippen LogP contribution in [0.4, 0.5) is 29.3 Å². The number of piperazine rings is 2. The fourth-order valence-electron chi connectivity index (χ4n) is 7.89. The lowest BCUT2D eigenvalue weighted by Crippen LogP contribution is -2.53. The van der Waals surface area contributed by atoms with Crippen molar-refractivity contribution in [2.75, 3.05) is 77.1 Å². The number of hydrogen-bond donors (Lipinski definition) is 15. The van der Waals surface area contributed by atoms with Gasteiger partial charge in [0.15, 0.2) is 0 Å². The van der Waals surface area contributed by atoms with Gasteiger partial charge >= 0.3 is 59.9 Å². The van der Waals surface area contributed by atoms with E-state index in [0.29, 0.717) is 134 Å². The van der Waals surface area contributed by atoms with Gasteiger partial charge < -0.3 is 94.4 Å². The van der Waals surface area contributed by atoms with Crippen molar-refractivity contribution >= 4 is 83.7 Å². The third-order valence-corrected chi connectivity index (χ3v) is 12.7. The lowest BCUT2D eigenvalue weighted by atomic mass is 10.1. The molecule has 3 unspecified atom stereocenters. The molecule has 0 radical (unpaired) electrons. The number of carbonyl (C=O) groups excluding carboxylic acids is 7. The number of hydrogen-bond acceptors (Lipinski definition) is 17. The van der Waals surface area contributed by atoms with Crippen molar-refractivity contribution in [3.8, 4) is 0 Å². The topological polar surface area (TPSA) is 538 Å². The van der Waals surface area contributed by atoms with Crippen molar-refractivity contribution in [2.45, 2.75) is 148 Å². The molecule has 20 N–H and O–H groups in total. The highest BCUT2D eigenvalue weighted by Gasteiger charge is 2.27. The van der Waals surface area contributed by atoms with Crippen molar-refractivity contribution in [1.29, 1.82) is 0 Å². The van der Waals surface area contributed by atoms with Crippen molar-refractivity contribution in [1.82, 2.24) is 40.9 Å². The number of carboxylic acid groups (broad SMARTS) is 6. The lowest BCUT2D eigenvalue weighted by Gasteiger charge is -2.35. The van der Waals surface area contributed by atoms with Crippen LogP contribution in [0, 0.1) is 0 Å². The van der Waals surface area contributed by atoms with Gasteiger partial charge in [-0.2, -0.15) is 0 Å². The van der Waals surface area contributed by atoms with Gasteiger partial charge in [0.05, 0.1) is 12.4 Å². The highest BCUT2D eigenvalue weighted by molar-refractivity contribution is 5.83. The van der Waals surface area contributed by atoms with Gasteiger partial charge in [-0.3, -0.25) is 43.0 Å². The number of alkyl halides is 1. The van der Waals surface area contributed by atoms with Gasteiger partial charge in [0.25, 0.3) is 0 Å². The maximum atomic E-state index is 12.7. The number of carbonyl (C=O) groups is 13. The van der Waals surface area contributed by atoms with Gasteiger partial charge in [-0.15, -0.1) is 0 Å². The van der Waals surface area contributed by atoms with E-state index in [0.717, 1.165) is 12.7 Å². The Kier molecular flexibility index (Phi) is 45.1. The van der Waals surface area contributed by atoms with Gasteiger partial charge in [-0.1, -0.05) is 20.3 Å². The number of carboxylic acids is 6. The fraction of sp³-hybridized carbons (Fsp3) is 0.618. The SMILES string of the molecule is CC.N/C(=C\N(N)c1ccc(C=O)cc1)CCCF.NC(=O)NC(CCC(=O)O)C(=O)O.NC(=O)NC(CCCCNC(=O)N1CCN(C(=O)CCC(N)CCC(=O)N2CCN(C(=O)NCCCCCC(=O)O)CC2)CC1)C(=O)O.O=C(O)CCCC(=O)O. The Morgan fingerprint density at radius 1 is 0.517 bits per heavy atom. The molecule has 0 aliphatic carbocycles. The average molecular weight is 1270 g/mol. The first-order valence-corrected chi connectivity index (χ1v) is 29.0. The Morgan fingerprint density at radius 3 is 1.29 bits per heavy atom. The number of aldehydes is 1. The second-order valence-electron chi connectivity index (χ2n) is 19.7. The quantitative estimate of drug-likeness (QED) is 0.0201. The molecule has 2 fully saturated rings. The van der Waals surface area contributed by atoms with E-state index in [1.54, 1.807) is 50.1 Å². The highest BCUT2D eigenvalue weighted by atomic mass is 19.1. The molecule has 10 amide bonds. The molecule has 1 aromatic rings. The summed E-state index contributed by atoms with van der Waals surface area (Å²) in [7, 11) is 0. The van der Waals surface area contributed by atoms with Crippen LogP contribution in [0.25, 0.3) is 0 Å². The molecule has 0 aromatic heterocycles. The summed E-state index contributed by atoms with van der Waals surface area (Å²) in [5.41, 5.74) is 23.4. The standard InChI is InChI=1S/C30H53N9O9.C12H16FN3O.C6H10N2O5.C5H8O4.C2H6/c31-22(8-10-24(40)36-14-18-38(19-15-36)29(47)33-12-4-1-2-7-26(42)43)9-11-25(41)37-16-20-39(21-17-37)30(48)34-13-5-3-6-23(27(44)45)35-28(32)46;13-7-1-2-11(14)8-16(15)12-5-3-10(9-17)4-6-12;7-6(13)8-3(5(11)12)1-2-4(9)10;6-4(7)2-1-3-5(8)9;1-2/h22-23H,1-21,31H2,(H,33,47)(H,34,48)(H,42,43)(H,44,45)(H3,32,35,46);3-6,8-9H,1-2,7,14-15H2;3H,1-2H2,(H,9,10)(H,11,12)(H3,7,8,13);1-3H2,(H,6,7)(H,8,9);1-2H3/b;11-8-;;;. The summed E-state index contributed by atoms with van der Waals surface area (Å²) >= 11 is 0. The molecular formula is C55H93FN14O19. The van der Waals surface area contributed by atoms with Crippen molar-refractivity contribution in [3.63, 3.8) is 0 Å². The normalized spacial score (nSPS) is 13.5. The summed E-state index contributed by atoms with van der Waals surface area (Å²) in [6.07, 6.45) is 7.45. The summed E-state index contributed by atoms with van der Waals surface area (Å²) in [5, 5.41) is 61.6. The molecule has 2 aliphatic heterocycles. The van der Waals surface area contributed by atoms with Crippen LogP contribution in [0.15, 0.2) is 36.2 Å². The number of urea groups is 4. The number of unbranched alkanes of at least 4 members (excludes halogenated alkanes) is 3. The van der Waals surface area contributed by atoms with E-state index in [1.807, 2.05) is 19.2 Å². The van der Waals surface area contributed by atoms with Crippen molar-refractivity contribution < 1.29 is 97.4 Å². The Balaban J connectivity index is 0. The minimum absolute atomic E-state index is 0.0331. The molecule has 2 saturated heterocycles. The molecule has 1 aromatic carbocycles. The van der Waals surface area contributed by atoms with Gasteiger partial charge in [0.1, 0.15) is 18.4 Å². The monoisotopic (exact) mass is 1270 g/mol. The molecule has 89 heavy (non-hydrogen) atoms. The Morgan fingerprint density at radius 2 is 0.910 bits per heavy atom. The van der Waals surface area contributed by atoms with Crippen molar-refractivity contribution in [2.24, 2.45) is 28.8 Å². The van der Waals surface area contributed by atoms with E-state index in [-0.39, 0.29) is 87.7 Å². The number of nitrogens with one attached hydrogen (secondary N) is 4. The molecule has 33 nitrogen and oxygen atoms in total. The van der Waals surface area contributed by atoms with Crippen LogP contribution >= 0.6 is 0 Å². The lowest BCUT2D eigenvalue weighted by molar-refractivity contribution is -0.141. The zero-order valence-electron chi connectivity index (χ0n) is 50.7. The third-order valence-electron chi connectivity index (χ3n) is 12.7. The van der Waals surface area contributed by atoms with Crippen LogP contribution in [-0.2, 0) is 38.4 Å². The molecule has 504 valence electrons. The summed E-state index contributed by atoms with van der Waals surface area (Å²) < 4.78 is 11.9. The number of halogens is 1. The Hall–Kier alpha value is -9.08. The zero-order chi connectivity index (χ0) is 67.9. The first kappa shape index (κ1) is 82.0. The minimum atomic E-state index is -1.31. The molecule has 0 spiro atoms. The predicted molar refractivity (Wildman–Crippen MR) is 321 cm³/mol. The molecule has 0 saturated carbocycles. The van der Waals surface area contributed by atoms with E-state index in [2.05, 4.69) is 21.7 Å². The van der Waals surface area contributed by atoms with Crippen LogP contribution in [0.1, 0.15) is 140 Å². The van der Waals surface area contributed by atoms with Crippen LogP contribution in [0.3, 0.4) is 0 Å². The average Bonchev–Trinajstić information content (AvgIpc) is 3.40. The number of rotatable bonds is 34. The van der Waals surface area contributed by atoms with E-state index in [9.17, 15) is 66.7 Å². The number of nitrogens with zero attached hydrogens (tertiary/aromatic N) is 5. The fourth-order valence-corrected chi connectivity index (χ4v) is 7.89. The van der Waals surface area contributed by atoms with E-state index in [1.165, 1.54) is 5.01 Å². The molecular weight excluding hydrogens is 1180 g/mol. The third kappa shape index (κ3) is 42.4. The van der Waals surface area contributed by atoms with E-state index < -0.39 is 66.6 Å². The number of anilines is 1. The summed E-state index contributed by atoms with van der Waals surface area (Å²) in [5.74, 6) is -0.653. The van der Waals surface area contributed by atoms with E-state index in [4.69, 9.17) is 53.7 Å². The first-order chi connectivity index (χ1) is 42.1. The predicted octanol–water partition coefficient (Wildman–Crippen LogP) is 1.57. The molecule has 0 bridgehead atoms. The number of hydrazine groups is 1. The molecule has 2 aliphatic rings. The maximum Gasteiger partial charge on any atom is 0.326 e. The van der Waals surface area contributed by atoms with Crippen molar-refractivity contribution in [3.05, 3.63) is 41.7 Å². The summed E-state index contributed by atoms with van der Waals surface area (Å²) in [6.45, 7) is 7.71. The largest absolute Gasteiger partial charge is 0.481 e. The van der Waals surface area contributed by atoms with Crippen LogP contribution in [0.5, 0.6) is 0 Å². The van der Waals surface area contributed by atoms with Crippen LogP contribution in [0.2, 0.25) is 0 Å². The number of amides is 10. The van der Waals surface area contributed by atoms with Gasteiger partial charge in [0.2, 0.25) is 11.8 Å². The first-order valence-electron chi connectivity index (χ1n) is 29.0. The van der Waals surface area contributed by atoms with Crippen LogP contribution < -0.4 is 55.1 Å². The summed E-state index contributed by atoms with van der Waals surface area (Å²) in [6, 6.07) is 1.78. The summed E-state index contributed by atoms with van der Waals surface area (Å²) in [4.78, 5) is 150. The highest BCUT2D eigenvalue weighted by Crippen LogP contribution is 2.15. The number of aliphatic carboxylic acids is 6. The molecule has 3 atom stereocenters. The van der Waals surface area contributed by atoms with Gasteiger partial charge in [-0.05, 0) is 94.9 Å². The molecule has 3 rings (SSSR count).